The first kappa shape index (κ1) is 33.2. The summed E-state index contributed by atoms with van der Waals surface area (Å²) in [6, 6.07) is 75.7. The highest BCUT2D eigenvalue weighted by Crippen LogP contribution is 2.54. The minimum absolute atomic E-state index is 0.0953. The summed E-state index contributed by atoms with van der Waals surface area (Å²) in [7, 11) is 0. The second kappa shape index (κ2) is 13.0. The summed E-state index contributed by atoms with van der Waals surface area (Å²) in [5.74, 6) is 0. The number of hydrogen-bond donors (Lipinski definition) is 0. The maximum absolute atomic E-state index is 2.47. The molecule has 1 aliphatic carbocycles. The fraction of sp³-hybridized carbons (Fsp3) is 0.0545. The average Bonchev–Trinajstić information content (AvgIpc) is 3.73. The number of hydrogen-bond acceptors (Lipinski definition) is 1. The Balaban J connectivity index is 1.14. The Morgan fingerprint density at radius 3 is 1.68 bits per heavy atom. The van der Waals surface area contributed by atoms with Crippen LogP contribution in [0.15, 0.2) is 206 Å². The molecule has 1 aromatic heterocycles. The van der Waals surface area contributed by atoms with Crippen LogP contribution in [0.2, 0.25) is 0 Å². The molecule has 57 heavy (non-hydrogen) atoms. The van der Waals surface area contributed by atoms with Gasteiger partial charge in [-0.15, -0.1) is 0 Å². The monoisotopic (exact) mass is 728 g/mol. The van der Waals surface area contributed by atoms with Crippen molar-refractivity contribution >= 4 is 49.6 Å². The van der Waals surface area contributed by atoms with E-state index in [9.17, 15) is 0 Å². The molecule has 2 heteroatoms. The van der Waals surface area contributed by atoms with Gasteiger partial charge < -0.3 is 9.47 Å². The highest BCUT2D eigenvalue weighted by Gasteiger charge is 2.37. The summed E-state index contributed by atoms with van der Waals surface area (Å²) in [4.78, 5) is 2.47. The number of para-hydroxylation sites is 4. The van der Waals surface area contributed by atoms with Crippen LogP contribution < -0.4 is 4.90 Å². The Hall–Kier alpha value is -7.16. The fourth-order valence-electron chi connectivity index (χ4n) is 9.50. The van der Waals surface area contributed by atoms with E-state index in [0.717, 1.165) is 22.7 Å². The van der Waals surface area contributed by atoms with E-state index in [1.165, 1.54) is 77.1 Å². The lowest BCUT2D eigenvalue weighted by atomic mass is 9.82. The molecule has 270 valence electrons. The first-order chi connectivity index (χ1) is 28.1. The molecule has 0 radical (unpaired) electrons. The third-order valence-corrected chi connectivity index (χ3v) is 12.2. The molecule has 1 aliphatic rings. The number of aromatic nitrogens is 1. The van der Waals surface area contributed by atoms with Gasteiger partial charge in [-0.2, -0.15) is 0 Å². The number of fused-ring (bicyclic) bond motifs is 7. The van der Waals surface area contributed by atoms with Crippen molar-refractivity contribution in [1.82, 2.24) is 4.57 Å². The van der Waals surface area contributed by atoms with Gasteiger partial charge in [0.1, 0.15) is 0 Å². The van der Waals surface area contributed by atoms with Gasteiger partial charge in [-0.05, 0) is 98.8 Å². The smallest absolute Gasteiger partial charge is 0.0541 e. The van der Waals surface area contributed by atoms with Crippen molar-refractivity contribution in [3.8, 4) is 39.1 Å². The molecule has 0 saturated carbocycles. The zero-order valence-corrected chi connectivity index (χ0v) is 32.0. The lowest BCUT2D eigenvalue weighted by Crippen LogP contribution is -2.15. The van der Waals surface area contributed by atoms with Gasteiger partial charge in [0.15, 0.2) is 0 Å². The van der Waals surface area contributed by atoms with E-state index in [2.05, 4.69) is 230 Å². The molecule has 0 spiro atoms. The maximum atomic E-state index is 2.47. The summed E-state index contributed by atoms with van der Waals surface area (Å²) < 4.78 is 2.39. The van der Waals surface area contributed by atoms with Gasteiger partial charge >= 0.3 is 0 Å². The van der Waals surface area contributed by atoms with Crippen molar-refractivity contribution in [2.24, 2.45) is 0 Å². The minimum Gasteiger partial charge on any atom is -0.309 e. The second-order valence-electron chi connectivity index (χ2n) is 15.7. The summed E-state index contributed by atoms with van der Waals surface area (Å²) in [5, 5.41) is 4.99. The number of anilines is 3. The zero-order chi connectivity index (χ0) is 38.1. The number of benzene rings is 9. The van der Waals surface area contributed by atoms with Crippen molar-refractivity contribution in [1.29, 1.82) is 0 Å². The molecule has 0 fully saturated rings. The Morgan fingerprint density at radius 2 is 0.947 bits per heavy atom. The standard InChI is InChI=1S/C55H40N2/c1-55(2)48-24-10-5-22-47(48)54-46(23-15-25-49(54)55)45-21-9-14-29-53(45)56(50-26-11-6-18-42(50)39-31-30-37-16-3-4-17-38(37)36-39)40-32-34-41(35-33-40)57-51-27-12-7-19-43(51)44-20-8-13-28-52(44)57/h3-36H,1-2H3. The Labute approximate surface area is 333 Å². The van der Waals surface area contributed by atoms with E-state index in [1.807, 2.05) is 0 Å². The third kappa shape index (κ3) is 5.18. The van der Waals surface area contributed by atoms with Gasteiger partial charge in [0.25, 0.3) is 0 Å². The van der Waals surface area contributed by atoms with E-state index in [-0.39, 0.29) is 5.41 Å². The van der Waals surface area contributed by atoms with Crippen molar-refractivity contribution in [3.05, 3.63) is 217 Å². The molecule has 11 rings (SSSR count). The Morgan fingerprint density at radius 1 is 0.404 bits per heavy atom. The topological polar surface area (TPSA) is 8.17 Å². The summed E-state index contributed by atoms with van der Waals surface area (Å²) >= 11 is 0. The molecule has 0 bridgehead atoms. The molecular weight excluding hydrogens is 689 g/mol. The van der Waals surface area contributed by atoms with Crippen LogP contribution in [-0.4, -0.2) is 4.57 Å². The van der Waals surface area contributed by atoms with Crippen LogP contribution in [0.5, 0.6) is 0 Å². The number of rotatable bonds is 6. The van der Waals surface area contributed by atoms with Crippen LogP contribution in [0.25, 0.3) is 71.6 Å². The first-order valence-corrected chi connectivity index (χ1v) is 19.9. The Kier molecular flexibility index (Phi) is 7.55. The SMILES string of the molecule is CC1(C)c2ccccc2-c2c(-c3ccccc3N(c3ccc(-n4c5ccccc5c5ccccc54)cc3)c3ccccc3-c3ccc4ccccc4c3)cccc21. The highest BCUT2D eigenvalue weighted by molar-refractivity contribution is 6.09. The summed E-state index contributed by atoms with van der Waals surface area (Å²) in [5.41, 5.74) is 17.0. The quantitative estimate of drug-likeness (QED) is 0.165. The van der Waals surface area contributed by atoms with Crippen molar-refractivity contribution < 1.29 is 0 Å². The van der Waals surface area contributed by atoms with Gasteiger partial charge in [0, 0.05) is 38.7 Å². The maximum Gasteiger partial charge on any atom is 0.0541 e. The van der Waals surface area contributed by atoms with Gasteiger partial charge in [0.05, 0.1) is 22.4 Å². The highest BCUT2D eigenvalue weighted by atomic mass is 15.1. The van der Waals surface area contributed by atoms with E-state index in [4.69, 9.17) is 0 Å². The van der Waals surface area contributed by atoms with Crippen molar-refractivity contribution in [3.63, 3.8) is 0 Å². The van der Waals surface area contributed by atoms with Gasteiger partial charge in [0.2, 0.25) is 0 Å². The normalized spacial score (nSPS) is 12.9. The van der Waals surface area contributed by atoms with Crippen LogP contribution in [0, 0.1) is 0 Å². The van der Waals surface area contributed by atoms with Crippen LogP contribution >= 0.6 is 0 Å². The zero-order valence-electron chi connectivity index (χ0n) is 32.0. The summed E-state index contributed by atoms with van der Waals surface area (Å²) in [6.45, 7) is 4.72. The van der Waals surface area contributed by atoms with Gasteiger partial charge in [-0.25, -0.2) is 0 Å². The molecule has 1 heterocycles. The molecular formula is C55H40N2. The van der Waals surface area contributed by atoms with E-state index in [0.29, 0.717) is 0 Å². The van der Waals surface area contributed by atoms with E-state index >= 15 is 0 Å². The fourth-order valence-corrected chi connectivity index (χ4v) is 9.50. The molecule has 2 nitrogen and oxygen atoms in total. The lowest BCUT2D eigenvalue weighted by molar-refractivity contribution is 0.660. The number of nitrogens with zero attached hydrogens (tertiary/aromatic N) is 2. The molecule has 0 amide bonds. The van der Waals surface area contributed by atoms with E-state index in [1.54, 1.807) is 0 Å². The van der Waals surface area contributed by atoms with Crippen LogP contribution in [0.3, 0.4) is 0 Å². The van der Waals surface area contributed by atoms with Gasteiger partial charge in [-0.1, -0.05) is 166 Å². The molecule has 0 N–H and O–H groups in total. The average molecular weight is 729 g/mol. The third-order valence-electron chi connectivity index (χ3n) is 12.2. The minimum atomic E-state index is -0.0953. The molecule has 10 aromatic rings. The van der Waals surface area contributed by atoms with Crippen molar-refractivity contribution in [2.45, 2.75) is 19.3 Å². The molecule has 0 aliphatic heterocycles. The molecule has 0 atom stereocenters. The molecule has 0 unspecified atom stereocenters. The molecule has 9 aromatic carbocycles. The van der Waals surface area contributed by atoms with Crippen molar-refractivity contribution in [2.75, 3.05) is 4.90 Å². The van der Waals surface area contributed by atoms with Gasteiger partial charge in [-0.3, -0.25) is 0 Å². The predicted octanol–water partition coefficient (Wildman–Crippen LogP) is 15.0. The van der Waals surface area contributed by atoms with Crippen LogP contribution in [-0.2, 0) is 5.41 Å². The second-order valence-corrected chi connectivity index (χ2v) is 15.7. The molecule has 0 saturated heterocycles. The lowest BCUT2D eigenvalue weighted by Gasteiger charge is -2.30. The Bertz CT molecular complexity index is 3110. The van der Waals surface area contributed by atoms with E-state index < -0.39 is 0 Å². The summed E-state index contributed by atoms with van der Waals surface area (Å²) in [6.07, 6.45) is 0. The first-order valence-electron chi connectivity index (χ1n) is 19.9. The largest absolute Gasteiger partial charge is 0.309 e. The van der Waals surface area contributed by atoms with Crippen LogP contribution in [0.1, 0.15) is 25.0 Å². The van der Waals surface area contributed by atoms with Crippen LogP contribution in [0.4, 0.5) is 17.1 Å². The predicted molar refractivity (Wildman–Crippen MR) is 241 cm³/mol.